The molecule has 1 fully saturated rings. The fourth-order valence-electron chi connectivity index (χ4n) is 4.15. The fourth-order valence-corrected chi connectivity index (χ4v) is 4.97. The zero-order valence-electron chi connectivity index (χ0n) is 19.2. The van der Waals surface area contributed by atoms with E-state index in [1.807, 2.05) is 6.07 Å². The van der Waals surface area contributed by atoms with Crippen LogP contribution in [0, 0.1) is 6.92 Å². The van der Waals surface area contributed by atoms with E-state index in [0.29, 0.717) is 12.5 Å². The van der Waals surface area contributed by atoms with E-state index in [0.717, 1.165) is 54.7 Å². The molecule has 1 amide bonds. The molecule has 0 atom stereocenters. The van der Waals surface area contributed by atoms with Gasteiger partial charge in [0.15, 0.2) is 0 Å². The fraction of sp³-hybridized carbons (Fsp3) is 0.385. The van der Waals surface area contributed by atoms with Crippen LogP contribution in [-0.2, 0) is 11.3 Å². The summed E-state index contributed by atoms with van der Waals surface area (Å²) in [6, 6.07) is 16.6. The van der Waals surface area contributed by atoms with Crippen LogP contribution in [0.1, 0.15) is 36.6 Å². The minimum absolute atomic E-state index is 0.0710. The molecular formula is C26H32N4OS. The zero-order valence-corrected chi connectivity index (χ0v) is 20.0. The Kier molecular flexibility index (Phi) is 7.35. The second-order valence-electron chi connectivity index (χ2n) is 8.80. The summed E-state index contributed by atoms with van der Waals surface area (Å²) in [6.45, 7) is 11.4. The third-order valence-electron chi connectivity index (χ3n) is 5.98. The second kappa shape index (κ2) is 10.4. The first-order chi connectivity index (χ1) is 15.5. The Labute approximate surface area is 195 Å². The van der Waals surface area contributed by atoms with E-state index < -0.39 is 0 Å². The number of piperazine rings is 1. The van der Waals surface area contributed by atoms with Gasteiger partial charge in [-0.05, 0) is 24.0 Å². The standard InChI is InChI=1S/C26H32N4OS/c1-19(2)23-11-7-8-20(3)25(23)28-24(31)17-30-14-12-29(13-15-30)16-22-18-32-26(27-22)21-9-5-4-6-10-21/h4-11,18-19H,12-17H2,1-3H3,(H,28,31). The monoisotopic (exact) mass is 448 g/mol. The number of thiazole rings is 1. The number of carbonyl (C=O) groups is 1. The van der Waals surface area contributed by atoms with Gasteiger partial charge in [-0.1, -0.05) is 62.4 Å². The highest BCUT2D eigenvalue weighted by Gasteiger charge is 2.21. The van der Waals surface area contributed by atoms with Crippen LogP contribution in [0.25, 0.3) is 10.6 Å². The highest BCUT2D eigenvalue weighted by Crippen LogP contribution is 2.27. The highest BCUT2D eigenvalue weighted by atomic mass is 32.1. The molecule has 2 heterocycles. The number of carbonyl (C=O) groups excluding carboxylic acids is 1. The molecule has 6 heteroatoms. The van der Waals surface area contributed by atoms with Crippen molar-refractivity contribution in [1.29, 1.82) is 0 Å². The first kappa shape index (κ1) is 22.6. The molecule has 0 radical (unpaired) electrons. The molecular weight excluding hydrogens is 416 g/mol. The summed E-state index contributed by atoms with van der Waals surface area (Å²) in [5.74, 6) is 0.448. The van der Waals surface area contributed by atoms with Gasteiger partial charge in [0.2, 0.25) is 5.91 Å². The summed E-state index contributed by atoms with van der Waals surface area (Å²) in [5, 5.41) is 6.41. The van der Waals surface area contributed by atoms with Crippen LogP contribution in [0.3, 0.4) is 0 Å². The number of rotatable bonds is 7. The van der Waals surface area contributed by atoms with Gasteiger partial charge in [-0.15, -0.1) is 11.3 Å². The smallest absolute Gasteiger partial charge is 0.238 e. The lowest BCUT2D eigenvalue weighted by Gasteiger charge is -2.34. The third kappa shape index (κ3) is 5.63. The number of aromatic nitrogens is 1. The summed E-state index contributed by atoms with van der Waals surface area (Å²) >= 11 is 1.70. The van der Waals surface area contributed by atoms with Crippen LogP contribution < -0.4 is 5.32 Å². The predicted molar refractivity (Wildman–Crippen MR) is 133 cm³/mol. The van der Waals surface area contributed by atoms with Gasteiger partial charge in [0.05, 0.1) is 12.2 Å². The van der Waals surface area contributed by atoms with Gasteiger partial charge in [-0.3, -0.25) is 14.6 Å². The molecule has 0 bridgehead atoms. The van der Waals surface area contributed by atoms with Crippen molar-refractivity contribution in [2.75, 3.05) is 38.0 Å². The van der Waals surface area contributed by atoms with Crippen LogP contribution in [0.5, 0.6) is 0 Å². The summed E-state index contributed by atoms with van der Waals surface area (Å²) < 4.78 is 0. The Morgan fingerprint density at radius 3 is 2.47 bits per heavy atom. The number of hydrogen-bond acceptors (Lipinski definition) is 5. The quantitative estimate of drug-likeness (QED) is 0.553. The molecule has 5 nitrogen and oxygen atoms in total. The van der Waals surface area contributed by atoms with Crippen molar-refractivity contribution in [2.45, 2.75) is 33.2 Å². The Balaban J connectivity index is 1.27. The third-order valence-corrected chi connectivity index (χ3v) is 6.92. The van der Waals surface area contributed by atoms with Crippen LogP contribution in [0.4, 0.5) is 5.69 Å². The Bertz CT molecular complexity index is 1040. The summed E-state index contributed by atoms with van der Waals surface area (Å²) in [6.07, 6.45) is 0. The molecule has 1 aromatic heterocycles. The van der Waals surface area contributed by atoms with Gasteiger partial charge in [-0.25, -0.2) is 4.98 Å². The van der Waals surface area contributed by atoms with E-state index in [-0.39, 0.29) is 5.91 Å². The van der Waals surface area contributed by atoms with Gasteiger partial charge in [0, 0.05) is 49.4 Å². The number of amides is 1. The molecule has 1 aliphatic rings. The predicted octanol–water partition coefficient (Wildman–Crippen LogP) is 5.00. The molecule has 1 N–H and O–H groups in total. The van der Waals surface area contributed by atoms with E-state index in [4.69, 9.17) is 4.98 Å². The molecule has 1 saturated heterocycles. The van der Waals surface area contributed by atoms with E-state index in [1.54, 1.807) is 11.3 Å². The van der Waals surface area contributed by atoms with Crippen molar-refractivity contribution < 1.29 is 4.79 Å². The van der Waals surface area contributed by atoms with Gasteiger partial charge >= 0.3 is 0 Å². The first-order valence-corrected chi connectivity index (χ1v) is 12.2. The summed E-state index contributed by atoms with van der Waals surface area (Å²) in [7, 11) is 0. The van der Waals surface area contributed by atoms with Crippen LogP contribution in [0.15, 0.2) is 53.9 Å². The van der Waals surface area contributed by atoms with Crippen LogP contribution >= 0.6 is 11.3 Å². The molecule has 2 aromatic carbocycles. The van der Waals surface area contributed by atoms with Crippen molar-refractivity contribution >= 4 is 22.9 Å². The summed E-state index contributed by atoms with van der Waals surface area (Å²) in [4.78, 5) is 22.2. The van der Waals surface area contributed by atoms with E-state index in [9.17, 15) is 4.79 Å². The molecule has 4 rings (SSSR count). The van der Waals surface area contributed by atoms with Crippen molar-refractivity contribution in [2.24, 2.45) is 0 Å². The van der Waals surface area contributed by atoms with Gasteiger partial charge in [0.1, 0.15) is 5.01 Å². The molecule has 3 aromatic rings. The maximum atomic E-state index is 12.7. The molecule has 0 unspecified atom stereocenters. The zero-order chi connectivity index (χ0) is 22.5. The maximum Gasteiger partial charge on any atom is 0.238 e. The number of anilines is 1. The lowest BCUT2D eigenvalue weighted by atomic mass is 9.98. The Hall–Kier alpha value is -2.54. The number of para-hydroxylation sites is 1. The van der Waals surface area contributed by atoms with Crippen LogP contribution in [-0.4, -0.2) is 53.4 Å². The molecule has 0 saturated carbocycles. The number of nitrogens with one attached hydrogen (secondary N) is 1. The van der Waals surface area contributed by atoms with Crippen molar-refractivity contribution in [1.82, 2.24) is 14.8 Å². The number of benzene rings is 2. The number of aryl methyl sites for hydroxylation is 1. The molecule has 32 heavy (non-hydrogen) atoms. The molecule has 1 aliphatic heterocycles. The van der Waals surface area contributed by atoms with Crippen LogP contribution in [0.2, 0.25) is 0 Å². The minimum atomic E-state index is 0.0710. The van der Waals surface area contributed by atoms with Gasteiger partial charge in [0.25, 0.3) is 0 Å². The molecule has 0 spiro atoms. The normalized spacial score (nSPS) is 15.2. The van der Waals surface area contributed by atoms with E-state index in [1.165, 1.54) is 11.1 Å². The lowest BCUT2D eigenvalue weighted by Crippen LogP contribution is -2.48. The molecule has 0 aliphatic carbocycles. The average molecular weight is 449 g/mol. The Morgan fingerprint density at radius 1 is 1.03 bits per heavy atom. The first-order valence-electron chi connectivity index (χ1n) is 11.3. The average Bonchev–Trinajstić information content (AvgIpc) is 3.25. The SMILES string of the molecule is Cc1cccc(C(C)C)c1NC(=O)CN1CCN(Cc2csc(-c3ccccc3)n2)CC1. The Morgan fingerprint density at radius 2 is 1.75 bits per heavy atom. The van der Waals surface area contributed by atoms with Gasteiger partial charge < -0.3 is 5.32 Å². The van der Waals surface area contributed by atoms with Crippen molar-refractivity contribution in [3.63, 3.8) is 0 Å². The maximum absolute atomic E-state index is 12.7. The number of nitrogens with zero attached hydrogens (tertiary/aromatic N) is 3. The summed E-state index contributed by atoms with van der Waals surface area (Å²) in [5.41, 5.74) is 5.59. The largest absolute Gasteiger partial charge is 0.324 e. The lowest BCUT2D eigenvalue weighted by molar-refractivity contribution is -0.117. The molecule has 168 valence electrons. The second-order valence-corrected chi connectivity index (χ2v) is 9.66. The number of hydrogen-bond donors (Lipinski definition) is 1. The van der Waals surface area contributed by atoms with Crippen molar-refractivity contribution in [3.05, 3.63) is 70.7 Å². The minimum Gasteiger partial charge on any atom is -0.324 e. The highest BCUT2D eigenvalue weighted by molar-refractivity contribution is 7.13. The van der Waals surface area contributed by atoms with E-state index >= 15 is 0 Å². The van der Waals surface area contributed by atoms with Crippen molar-refractivity contribution in [3.8, 4) is 10.6 Å². The topological polar surface area (TPSA) is 48.5 Å². The van der Waals surface area contributed by atoms with Gasteiger partial charge in [-0.2, -0.15) is 0 Å². The van der Waals surface area contributed by atoms with E-state index in [2.05, 4.69) is 83.7 Å².